The van der Waals surface area contributed by atoms with Crippen LogP contribution in [0.4, 0.5) is 0 Å². The maximum Gasteiger partial charge on any atom is 0.180 e. The predicted octanol–water partition coefficient (Wildman–Crippen LogP) is 3.53. The number of nitrogens with zero attached hydrogens (tertiary/aromatic N) is 1. The van der Waals surface area contributed by atoms with E-state index in [4.69, 9.17) is 0 Å². The van der Waals surface area contributed by atoms with Gasteiger partial charge in [0.2, 0.25) is 0 Å². The van der Waals surface area contributed by atoms with Crippen LogP contribution in [0.5, 0.6) is 0 Å². The lowest BCUT2D eigenvalue weighted by Gasteiger charge is -2.15. The van der Waals surface area contributed by atoms with E-state index in [1.165, 1.54) is 0 Å². The Kier molecular flexibility index (Phi) is 4.63. The van der Waals surface area contributed by atoms with Crippen molar-refractivity contribution in [2.75, 3.05) is 0 Å². The Morgan fingerprint density at radius 1 is 0.857 bits per heavy atom. The molecule has 0 heterocycles. The molecular formula is C18H15NO2. The molecule has 0 aliphatic rings. The minimum absolute atomic E-state index is 0.188. The van der Waals surface area contributed by atoms with Gasteiger partial charge in [0.1, 0.15) is 5.92 Å². The van der Waals surface area contributed by atoms with E-state index in [9.17, 15) is 14.9 Å². The first-order chi connectivity index (χ1) is 10.1. The average molecular weight is 277 g/mol. The van der Waals surface area contributed by atoms with Gasteiger partial charge in [-0.2, -0.15) is 5.26 Å². The number of ketones is 2. The minimum atomic E-state index is -0.972. The molecule has 2 aromatic rings. The monoisotopic (exact) mass is 277 g/mol. The number of hydrogen-bond acceptors (Lipinski definition) is 3. The molecule has 3 nitrogen and oxygen atoms in total. The number of rotatable bonds is 5. The van der Waals surface area contributed by atoms with E-state index in [0.29, 0.717) is 11.1 Å². The van der Waals surface area contributed by atoms with E-state index in [2.05, 4.69) is 0 Å². The van der Waals surface area contributed by atoms with Crippen molar-refractivity contribution >= 4 is 11.6 Å². The van der Waals surface area contributed by atoms with Crippen molar-refractivity contribution in [1.29, 1.82) is 5.26 Å². The molecule has 3 heteroatoms. The fourth-order valence-electron chi connectivity index (χ4n) is 2.20. The molecule has 0 radical (unpaired) electrons. The number of benzene rings is 2. The van der Waals surface area contributed by atoms with E-state index in [1.54, 1.807) is 61.5 Å². The van der Waals surface area contributed by atoms with E-state index in [-0.39, 0.29) is 11.6 Å². The standard InChI is InChI=1S/C18H15NO2/c1-13(17(20)14-8-4-2-5-9-14)16(12-19)18(21)15-10-6-3-7-11-15/h2-11,13,16H,1H3. The van der Waals surface area contributed by atoms with Crippen molar-refractivity contribution in [2.45, 2.75) is 6.92 Å². The summed E-state index contributed by atoms with van der Waals surface area (Å²) in [5.74, 6) is -2.15. The van der Waals surface area contributed by atoms with Crippen LogP contribution in [0.15, 0.2) is 60.7 Å². The normalized spacial score (nSPS) is 13.0. The topological polar surface area (TPSA) is 57.9 Å². The zero-order chi connectivity index (χ0) is 15.2. The Morgan fingerprint density at radius 3 is 1.71 bits per heavy atom. The molecule has 0 fully saturated rings. The van der Waals surface area contributed by atoms with Crippen molar-refractivity contribution in [3.63, 3.8) is 0 Å². The third-order valence-corrected chi connectivity index (χ3v) is 3.45. The van der Waals surface area contributed by atoms with E-state index >= 15 is 0 Å². The summed E-state index contributed by atoms with van der Waals surface area (Å²) < 4.78 is 0. The maximum absolute atomic E-state index is 12.4. The van der Waals surface area contributed by atoms with Crippen LogP contribution in [0, 0.1) is 23.2 Å². The largest absolute Gasteiger partial charge is 0.294 e. The van der Waals surface area contributed by atoms with Gasteiger partial charge in [-0.25, -0.2) is 0 Å². The Hall–Kier alpha value is -2.73. The van der Waals surface area contributed by atoms with Crippen LogP contribution in [-0.2, 0) is 0 Å². The third kappa shape index (κ3) is 3.24. The van der Waals surface area contributed by atoms with Crippen molar-refractivity contribution in [3.8, 4) is 6.07 Å². The molecule has 0 saturated carbocycles. The quantitative estimate of drug-likeness (QED) is 0.785. The fourth-order valence-corrected chi connectivity index (χ4v) is 2.20. The third-order valence-electron chi connectivity index (χ3n) is 3.45. The molecule has 104 valence electrons. The SMILES string of the molecule is CC(C(=O)c1ccccc1)C(C#N)C(=O)c1ccccc1. The zero-order valence-electron chi connectivity index (χ0n) is 11.7. The van der Waals surface area contributed by atoms with Crippen LogP contribution in [-0.4, -0.2) is 11.6 Å². The van der Waals surface area contributed by atoms with Crippen LogP contribution in [0.3, 0.4) is 0 Å². The van der Waals surface area contributed by atoms with E-state index < -0.39 is 11.8 Å². The smallest absolute Gasteiger partial charge is 0.180 e. The second kappa shape index (κ2) is 6.62. The van der Waals surface area contributed by atoms with Crippen molar-refractivity contribution in [2.24, 2.45) is 11.8 Å². The molecule has 2 unspecified atom stereocenters. The molecule has 2 aromatic carbocycles. The molecule has 0 aliphatic carbocycles. The molecular weight excluding hydrogens is 262 g/mol. The van der Waals surface area contributed by atoms with Gasteiger partial charge in [-0.3, -0.25) is 9.59 Å². The van der Waals surface area contributed by atoms with E-state index in [0.717, 1.165) is 0 Å². The molecule has 0 aliphatic heterocycles. The summed E-state index contributed by atoms with van der Waals surface area (Å²) in [5, 5.41) is 9.30. The van der Waals surface area contributed by atoms with Gasteiger partial charge in [-0.1, -0.05) is 67.6 Å². The lowest BCUT2D eigenvalue weighted by Crippen LogP contribution is -2.27. The van der Waals surface area contributed by atoms with Crippen molar-refractivity contribution in [3.05, 3.63) is 71.8 Å². The summed E-state index contributed by atoms with van der Waals surface area (Å²) in [7, 11) is 0. The van der Waals surface area contributed by atoms with Gasteiger partial charge < -0.3 is 0 Å². The summed E-state index contributed by atoms with van der Waals surface area (Å²) in [4.78, 5) is 24.8. The number of Topliss-reactive ketones (excluding diaryl/α,β-unsaturated/α-hetero) is 2. The van der Waals surface area contributed by atoms with Crippen LogP contribution >= 0.6 is 0 Å². The number of nitriles is 1. The molecule has 2 atom stereocenters. The van der Waals surface area contributed by atoms with Crippen molar-refractivity contribution in [1.82, 2.24) is 0 Å². The van der Waals surface area contributed by atoms with Gasteiger partial charge in [0.25, 0.3) is 0 Å². The molecule has 21 heavy (non-hydrogen) atoms. The van der Waals surface area contributed by atoms with E-state index in [1.807, 2.05) is 12.1 Å². The second-order valence-corrected chi connectivity index (χ2v) is 4.86. The highest BCUT2D eigenvalue weighted by molar-refractivity contribution is 6.05. The van der Waals surface area contributed by atoms with Crippen LogP contribution in [0.1, 0.15) is 27.6 Å². The Balaban J connectivity index is 2.24. The van der Waals surface area contributed by atoms with Gasteiger partial charge in [-0.15, -0.1) is 0 Å². The molecule has 0 N–H and O–H groups in total. The number of carbonyl (C=O) groups is 2. The lowest BCUT2D eigenvalue weighted by atomic mass is 9.83. The summed E-state index contributed by atoms with van der Waals surface area (Å²) in [5.41, 5.74) is 0.975. The molecule has 0 spiro atoms. The van der Waals surface area contributed by atoms with Crippen LogP contribution in [0.2, 0.25) is 0 Å². The Bertz CT molecular complexity index is 671. The predicted molar refractivity (Wildman–Crippen MR) is 79.8 cm³/mol. The highest BCUT2D eigenvalue weighted by atomic mass is 16.1. The van der Waals surface area contributed by atoms with Crippen molar-refractivity contribution < 1.29 is 9.59 Å². The van der Waals surface area contributed by atoms with Gasteiger partial charge >= 0.3 is 0 Å². The first-order valence-electron chi connectivity index (χ1n) is 6.73. The number of carbonyl (C=O) groups excluding carboxylic acids is 2. The first kappa shape index (κ1) is 14.7. The fraction of sp³-hybridized carbons (Fsp3) is 0.167. The number of hydrogen-bond donors (Lipinski definition) is 0. The Labute approximate surface area is 123 Å². The Morgan fingerprint density at radius 2 is 1.29 bits per heavy atom. The summed E-state index contributed by atoms with van der Waals surface area (Å²) in [6, 6.07) is 19.3. The second-order valence-electron chi connectivity index (χ2n) is 4.86. The minimum Gasteiger partial charge on any atom is -0.294 e. The van der Waals surface area contributed by atoms with Gasteiger partial charge in [0.05, 0.1) is 6.07 Å². The van der Waals surface area contributed by atoms with Gasteiger partial charge in [0, 0.05) is 17.0 Å². The lowest BCUT2D eigenvalue weighted by molar-refractivity contribution is 0.0819. The zero-order valence-corrected chi connectivity index (χ0v) is 11.7. The average Bonchev–Trinajstić information content (AvgIpc) is 2.56. The molecule has 0 saturated heterocycles. The highest BCUT2D eigenvalue weighted by Crippen LogP contribution is 2.21. The van der Waals surface area contributed by atoms with Gasteiger partial charge in [-0.05, 0) is 0 Å². The molecule has 0 bridgehead atoms. The molecule has 0 aromatic heterocycles. The van der Waals surface area contributed by atoms with Crippen LogP contribution in [0.25, 0.3) is 0 Å². The summed E-state index contributed by atoms with van der Waals surface area (Å²) in [6.07, 6.45) is 0. The molecule has 0 amide bonds. The summed E-state index contributed by atoms with van der Waals surface area (Å²) >= 11 is 0. The highest BCUT2D eigenvalue weighted by Gasteiger charge is 2.31. The summed E-state index contributed by atoms with van der Waals surface area (Å²) in [6.45, 7) is 1.63. The first-order valence-corrected chi connectivity index (χ1v) is 6.73. The molecule has 2 rings (SSSR count). The maximum atomic E-state index is 12.4. The van der Waals surface area contributed by atoms with Gasteiger partial charge in [0.15, 0.2) is 11.6 Å². The van der Waals surface area contributed by atoms with Crippen LogP contribution < -0.4 is 0 Å².